The molecule has 0 atom stereocenters. The summed E-state index contributed by atoms with van der Waals surface area (Å²) in [6, 6.07) is 7.71. The van der Waals surface area contributed by atoms with Crippen molar-refractivity contribution in [1.29, 1.82) is 5.26 Å². The van der Waals surface area contributed by atoms with Crippen molar-refractivity contribution in [2.45, 2.75) is 26.2 Å². The zero-order chi connectivity index (χ0) is 12.7. The summed E-state index contributed by atoms with van der Waals surface area (Å²) in [6.45, 7) is 2.57. The van der Waals surface area contributed by atoms with Crippen LogP contribution in [-0.4, -0.2) is 12.5 Å². The Bertz CT molecular complexity index is 417. The fourth-order valence-electron chi connectivity index (χ4n) is 1.50. The molecule has 0 fully saturated rings. The Labute approximate surface area is 110 Å². The minimum absolute atomic E-state index is 0.0636. The molecule has 0 aliphatic rings. The number of nitriles is 1. The highest BCUT2D eigenvalue weighted by Crippen LogP contribution is 2.15. The molecule has 0 saturated carbocycles. The molecule has 0 aliphatic heterocycles. The molecular formula is C13H15BrN2O. The molecule has 1 aromatic carbocycles. The number of rotatable bonds is 5. The van der Waals surface area contributed by atoms with Crippen LogP contribution in [0.3, 0.4) is 0 Å². The van der Waals surface area contributed by atoms with Crippen LogP contribution in [0.4, 0.5) is 0 Å². The van der Waals surface area contributed by atoms with Gasteiger partial charge < -0.3 is 5.32 Å². The van der Waals surface area contributed by atoms with E-state index in [1.165, 1.54) is 0 Å². The van der Waals surface area contributed by atoms with E-state index in [1.54, 1.807) is 6.07 Å². The molecular weight excluding hydrogens is 280 g/mol. The van der Waals surface area contributed by atoms with Gasteiger partial charge in [0.1, 0.15) is 0 Å². The number of nitrogens with zero attached hydrogens (tertiary/aromatic N) is 1. The van der Waals surface area contributed by atoms with E-state index < -0.39 is 0 Å². The second-order valence-corrected chi connectivity index (χ2v) is 4.80. The smallest absolute Gasteiger partial charge is 0.251 e. The first kappa shape index (κ1) is 13.7. The predicted molar refractivity (Wildman–Crippen MR) is 70.7 cm³/mol. The van der Waals surface area contributed by atoms with Gasteiger partial charge in [-0.2, -0.15) is 5.26 Å². The van der Waals surface area contributed by atoms with Gasteiger partial charge in [0.15, 0.2) is 0 Å². The van der Waals surface area contributed by atoms with E-state index in [2.05, 4.69) is 27.3 Å². The van der Waals surface area contributed by atoms with Gasteiger partial charge in [-0.15, -0.1) is 0 Å². The fraction of sp³-hybridized carbons (Fsp3) is 0.385. The third-order valence-electron chi connectivity index (χ3n) is 2.31. The molecule has 0 heterocycles. The minimum atomic E-state index is -0.0636. The molecule has 0 aromatic heterocycles. The number of carbonyl (C=O) groups excluding carboxylic acids is 1. The van der Waals surface area contributed by atoms with Crippen molar-refractivity contribution in [3.8, 4) is 6.07 Å². The summed E-state index contributed by atoms with van der Waals surface area (Å²) in [6.07, 6.45) is 2.21. The summed E-state index contributed by atoms with van der Waals surface area (Å²) in [4.78, 5) is 11.8. The van der Waals surface area contributed by atoms with Crippen LogP contribution in [-0.2, 0) is 0 Å². The molecule has 0 unspecified atom stereocenters. The number of benzene rings is 1. The van der Waals surface area contributed by atoms with Crippen molar-refractivity contribution in [2.24, 2.45) is 0 Å². The molecule has 17 heavy (non-hydrogen) atoms. The summed E-state index contributed by atoms with van der Waals surface area (Å²) in [5.74, 6) is -0.0636. The quantitative estimate of drug-likeness (QED) is 0.848. The lowest BCUT2D eigenvalue weighted by Gasteiger charge is -2.06. The largest absolute Gasteiger partial charge is 0.352 e. The number of hydrogen-bond donors (Lipinski definition) is 1. The van der Waals surface area contributed by atoms with Crippen molar-refractivity contribution >= 4 is 21.8 Å². The Kier molecular flexibility index (Phi) is 5.71. The number of carbonyl (C=O) groups is 1. The van der Waals surface area contributed by atoms with Crippen molar-refractivity contribution < 1.29 is 4.79 Å². The van der Waals surface area contributed by atoms with Gasteiger partial charge in [-0.05, 0) is 43.5 Å². The van der Waals surface area contributed by atoms with Crippen LogP contribution in [0.2, 0.25) is 0 Å². The maximum Gasteiger partial charge on any atom is 0.251 e. The molecule has 4 heteroatoms. The number of unbranched alkanes of at least 4 members (excludes halogenated alkanes) is 2. The molecule has 3 nitrogen and oxygen atoms in total. The van der Waals surface area contributed by atoms with Crippen LogP contribution in [0.5, 0.6) is 0 Å². The third kappa shape index (κ3) is 5.01. The van der Waals surface area contributed by atoms with Gasteiger partial charge >= 0.3 is 0 Å². The Morgan fingerprint density at radius 3 is 2.82 bits per heavy atom. The van der Waals surface area contributed by atoms with Crippen LogP contribution in [0.15, 0.2) is 22.7 Å². The van der Waals surface area contributed by atoms with Crippen LogP contribution < -0.4 is 5.32 Å². The summed E-state index contributed by atoms with van der Waals surface area (Å²) >= 11 is 3.37. The first-order valence-electron chi connectivity index (χ1n) is 5.56. The molecule has 1 amide bonds. The third-order valence-corrected chi connectivity index (χ3v) is 2.76. The summed E-state index contributed by atoms with van der Waals surface area (Å²) in [7, 11) is 0. The second kappa shape index (κ2) is 7.08. The summed E-state index contributed by atoms with van der Waals surface area (Å²) < 4.78 is 0.909. The molecule has 0 radical (unpaired) electrons. The fourth-order valence-corrected chi connectivity index (χ4v) is 2.11. The van der Waals surface area contributed by atoms with Gasteiger partial charge in [0.25, 0.3) is 5.91 Å². The topological polar surface area (TPSA) is 52.9 Å². The van der Waals surface area contributed by atoms with E-state index in [-0.39, 0.29) is 5.91 Å². The standard InChI is InChI=1S/C13H15BrN2O/c1-10-7-11(9-12(14)8-10)13(17)16-6-4-2-3-5-15/h7-9H,2-4,6H2,1H3,(H,16,17). The highest BCUT2D eigenvalue weighted by molar-refractivity contribution is 9.10. The van der Waals surface area contributed by atoms with E-state index >= 15 is 0 Å². The van der Waals surface area contributed by atoms with Crippen LogP contribution in [0.1, 0.15) is 35.2 Å². The minimum Gasteiger partial charge on any atom is -0.352 e. The lowest BCUT2D eigenvalue weighted by atomic mass is 10.1. The molecule has 1 aromatic rings. The van der Waals surface area contributed by atoms with Gasteiger partial charge in [-0.3, -0.25) is 4.79 Å². The average molecular weight is 295 g/mol. The highest BCUT2D eigenvalue weighted by atomic mass is 79.9. The van der Waals surface area contributed by atoms with Crippen LogP contribution >= 0.6 is 15.9 Å². The predicted octanol–water partition coefficient (Wildman–Crippen LogP) is 3.18. The molecule has 0 spiro atoms. The van der Waals surface area contributed by atoms with Gasteiger partial charge in [0.2, 0.25) is 0 Å². The SMILES string of the molecule is Cc1cc(Br)cc(C(=O)NCCCCC#N)c1. The van der Waals surface area contributed by atoms with Crippen LogP contribution in [0.25, 0.3) is 0 Å². The van der Waals surface area contributed by atoms with Crippen LogP contribution in [0, 0.1) is 18.3 Å². The first-order chi connectivity index (χ1) is 8.13. The summed E-state index contributed by atoms with van der Waals surface area (Å²) in [5, 5.41) is 11.2. The van der Waals surface area contributed by atoms with Crippen molar-refractivity contribution in [1.82, 2.24) is 5.32 Å². The Balaban J connectivity index is 2.44. The van der Waals surface area contributed by atoms with Gasteiger partial charge in [0.05, 0.1) is 6.07 Å². The number of halogens is 1. The maximum atomic E-state index is 11.8. The Morgan fingerprint density at radius 1 is 1.41 bits per heavy atom. The molecule has 90 valence electrons. The maximum absolute atomic E-state index is 11.8. The first-order valence-corrected chi connectivity index (χ1v) is 6.35. The number of hydrogen-bond acceptors (Lipinski definition) is 2. The zero-order valence-electron chi connectivity index (χ0n) is 9.79. The lowest BCUT2D eigenvalue weighted by Crippen LogP contribution is -2.24. The average Bonchev–Trinajstić information content (AvgIpc) is 2.27. The monoisotopic (exact) mass is 294 g/mol. The summed E-state index contributed by atoms with van der Waals surface area (Å²) in [5.41, 5.74) is 1.71. The number of amides is 1. The second-order valence-electron chi connectivity index (χ2n) is 3.89. The Morgan fingerprint density at radius 2 is 2.18 bits per heavy atom. The van der Waals surface area contributed by atoms with E-state index in [0.29, 0.717) is 18.5 Å². The molecule has 1 rings (SSSR count). The van der Waals surface area contributed by atoms with Crippen molar-refractivity contribution in [3.63, 3.8) is 0 Å². The number of nitrogens with one attached hydrogen (secondary N) is 1. The van der Waals surface area contributed by atoms with Gasteiger partial charge in [-0.25, -0.2) is 0 Å². The Hall–Kier alpha value is -1.34. The number of aryl methyl sites for hydroxylation is 1. The van der Waals surface area contributed by atoms with Gasteiger partial charge in [0, 0.05) is 23.0 Å². The molecule has 0 saturated heterocycles. The lowest BCUT2D eigenvalue weighted by molar-refractivity contribution is 0.0953. The van der Waals surface area contributed by atoms with Crippen molar-refractivity contribution in [3.05, 3.63) is 33.8 Å². The normalized spacial score (nSPS) is 9.71. The van der Waals surface area contributed by atoms with E-state index in [4.69, 9.17) is 5.26 Å². The van der Waals surface area contributed by atoms with Gasteiger partial charge in [-0.1, -0.05) is 15.9 Å². The molecule has 0 bridgehead atoms. The van der Waals surface area contributed by atoms with E-state index in [1.807, 2.05) is 19.1 Å². The zero-order valence-corrected chi connectivity index (χ0v) is 11.4. The van der Waals surface area contributed by atoms with E-state index in [0.717, 1.165) is 22.9 Å². The molecule has 1 N–H and O–H groups in total. The molecule has 0 aliphatic carbocycles. The van der Waals surface area contributed by atoms with E-state index in [9.17, 15) is 4.79 Å². The van der Waals surface area contributed by atoms with Crippen molar-refractivity contribution in [2.75, 3.05) is 6.54 Å². The highest BCUT2D eigenvalue weighted by Gasteiger charge is 2.05.